The van der Waals surface area contributed by atoms with E-state index in [9.17, 15) is 13.2 Å². The summed E-state index contributed by atoms with van der Waals surface area (Å²) in [6.07, 6.45) is -0.491. The smallest absolute Gasteiger partial charge is 0.416 e. The predicted molar refractivity (Wildman–Crippen MR) is 57.7 cm³/mol. The highest BCUT2D eigenvalue weighted by atomic mass is 32.2. The number of nitrogens with zero attached hydrogens (tertiary/aromatic N) is 1. The molecule has 1 aromatic heterocycles. The van der Waals surface area contributed by atoms with Gasteiger partial charge in [0, 0.05) is 12.3 Å². The maximum absolute atomic E-state index is 12.3. The Kier molecular flexibility index (Phi) is 4.92. The minimum atomic E-state index is -4.35. The zero-order chi connectivity index (χ0) is 12.0. The van der Waals surface area contributed by atoms with Gasteiger partial charge in [-0.15, -0.1) is 0 Å². The number of rotatable bonds is 5. The van der Waals surface area contributed by atoms with Crippen LogP contribution < -0.4 is 4.74 Å². The van der Waals surface area contributed by atoms with Gasteiger partial charge in [-0.05, 0) is 24.5 Å². The van der Waals surface area contributed by atoms with Crippen molar-refractivity contribution in [3.63, 3.8) is 0 Å². The van der Waals surface area contributed by atoms with Crippen LogP contribution in [-0.4, -0.2) is 23.6 Å². The van der Waals surface area contributed by atoms with E-state index < -0.39 is 11.7 Å². The Balaban J connectivity index is 2.54. The molecular formula is C10H12F3NOS. The third-order valence-electron chi connectivity index (χ3n) is 1.80. The van der Waals surface area contributed by atoms with Gasteiger partial charge in [-0.1, -0.05) is 0 Å². The molecule has 2 nitrogen and oxygen atoms in total. The van der Waals surface area contributed by atoms with E-state index in [-0.39, 0.29) is 5.88 Å². The number of aromatic nitrogens is 1. The van der Waals surface area contributed by atoms with Gasteiger partial charge >= 0.3 is 6.18 Å². The van der Waals surface area contributed by atoms with E-state index >= 15 is 0 Å². The Morgan fingerprint density at radius 3 is 2.81 bits per heavy atom. The monoisotopic (exact) mass is 251 g/mol. The van der Waals surface area contributed by atoms with Crippen LogP contribution in [0.3, 0.4) is 0 Å². The molecule has 90 valence electrons. The zero-order valence-electron chi connectivity index (χ0n) is 8.75. The molecule has 0 N–H and O–H groups in total. The molecule has 16 heavy (non-hydrogen) atoms. The lowest BCUT2D eigenvalue weighted by molar-refractivity contribution is -0.137. The molecule has 0 fully saturated rings. The van der Waals surface area contributed by atoms with Crippen LogP contribution in [0.4, 0.5) is 13.2 Å². The lowest BCUT2D eigenvalue weighted by Gasteiger charge is -2.08. The second kappa shape index (κ2) is 5.98. The summed E-state index contributed by atoms with van der Waals surface area (Å²) in [7, 11) is 0. The Hall–Kier alpha value is -0.910. The fourth-order valence-electron chi connectivity index (χ4n) is 1.04. The summed E-state index contributed by atoms with van der Waals surface area (Å²) in [5.74, 6) is 0.940. The fraction of sp³-hybridized carbons (Fsp3) is 0.500. The minimum Gasteiger partial charge on any atom is -0.478 e. The molecule has 6 heteroatoms. The molecule has 0 bridgehead atoms. The zero-order valence-corrected chi connectivity index (χ0v) is 9.57. The molecule has 1 heterocycles. The Morgan fingerprint density at radius 1 is 1.44 bits per heavy atom. The van der Waals surface area contributed by atoms with Gasteiger partial charge < -0.3 is 4.74 Å². The molecule has 0 aliphatic rings. The number of hydrogen-bond acceptors (Lipinski definition) is 3. The van der Waals surface area contributed by atoms with Crippen LogP contribution in [0.25, 0.3) is 0 Å². The van der Waals surface area contributed by atoms with Crippen molar-refractivity contribution in [1.82, 2.24) is 4.98 Å². The molecular weight excluding hydrogens is 239 g/mol. The minimum absolute atomic E-state index is 0.0240. The number of halogens is 3. The molecule has 0 spiro atoms. The number of hydrogen-bond donors (Lipinski definition) is 0. The van der Waals surface area contributed by atoms with Crippen LogP contribution in [0.2, 0.25) is 0 Å². The Morgan fingerprint density at radius 2 is 2.19 bits per heavy atom. The summed E-state index contributed by atoms with van der Waals surface area (Å²) < 4.78 is 42.1. The first-order chi connectivity index (χ1) is 7.54. The summed E-state index contributed by atoms with van der Waals surface area (Å²) in [4.78, 5) is 3.72. The van der Waals surface area contributed by atoms with Crippen molar-refractivity contribution in [3.05, 3.63) is 23.9 Å². The molecule has 1 aromatic rings. The van der Waals surface area contributed by atoms with Gasteiger partial charge in [0.05, 0.1) is 12.2 Å². The quantitative estimate of drug-likeness (QED) is 0.750. The second-order valence-electron chi connectivity index (χ2n) is 3.08. The number of ether oxygens (including phenoxy) is 1. The number of thioether (sulfide) groups is 1. The van der Waals surface area contributed by atoms with Gasteiger partial charge in [0.15, 0.2) is 0 Å². The second-order valence-corrected chi connectivity index (χ2v) is 4.06. The number of pyridine rings is 1. The third-order valence-corrected chi connectivity index (χ3v) is 2.50. The highest BCUT2D eigenvalue weighted by Crippen LogP contribution is 2.30. The summed E-state index contributed by atoms with van der Waals surface area (Å²) in [6.45, 7) is 0.384. The molecule has 0 saturated heterocycles. The lowest BCUT2D eigenvalue weighted by atomic mass is 10.2. The van der Waals surface area contributed by atoms with E-state index in [1.54, 1.807) is 11.8 Å². The van der Waals surface area contributed by atoms with Crippen molar-refractivity contribution >= 4 is 11.8 Å². The van der Waals surface area contributed by atoms with Crippen LogP contribution in [0.15, 0.2) is 18.3 Å². The molecule has 0 unspecified atom stereocenters. The average molecular weight is 251 g/mol. The topological polar surface area (TPSA) is 22.1 Å². The van der Waals surface area contributed by atoms with Crippen molar-refractivity contribution in [2.24, 2.45) is 0 Å². The first-order valence-electron chi connectivity index (χ1n) is 4.69. The molecule has 0 atom stereocenters. The van der Waals surface area contributed by atoms with Gasteiger partial charge in [-0.2, -0.15) is 24.9 Å². The van der Waals surface area contributed by atoms with Crippen LogP contribution in [0.1, 0.15) is 12.0 Å². The summed E-state index contributed by atoms with van der Waals surface area (Å²) >= 11 is 1.66. The van der Waals surface area contributed by atoms with Crippen molar-refractivity contribution < 1.29 is 17.9 Å². The van der Waals surface area contributed by atoms with Crippen LogP contribution in [0, 0.1) is 0 Å². The van der Waals surface area contributed by atoms with Gasteiger partial charge in [0.1, 0.15) is 0 Å². The maximum Gasteiger partial charge on any atom is 0.416 e. The van der Waals surface area contributed by atoms with E-state index in [0.29, 0.717) is 6.61 Å². The van der Waals surface area contributed by atoms with Gasteiger partial charge in [-0.25, -0.2) is 4.98 Å². The SMILES string of the molecule is CSCCCOc1cc(C(F)(F)F)ccn1. The van der Waals surface area contributed by atoms with Crippen molar-refractivity contribution in [3.8, 4) is 5.88 Å². The van der Waals surface area contributed by atoms with E-state index in [4.69, 9.17) is 4.74 Å². The Bertz CT molecular complexity index is 330. The van der Waals surface area contributed by atoms with E-state index in [2.05, 4.69) is 4.98 Å². The predicted octanol–water partition coefficient (Wildman–Crippen LogP) is 3.23. The highest BCUT2D eigenvalue weighted by Gasteiger charge is 2.30. The largest absolute Gasteiger partial charge is 0.478 e. The van der Waals surface area contributed by atoms with Crippen molar-refractivity contribution in [1.29, 1.82) is 0 Å². The Labute approximate surface area is 96.2 Å². The van der Waals surface area contributed by atoms with Crippen molar-refractivity contribution in [2.45, 2.75) is 12.6 Å². The van der Waals surface area contributed by atoms with Crippen LogP contribution in [0.5, 0.6) is 5.88 Å². The van der Waals surface area contributed by atoms with E-state index in [1.807, 2.05) is 6.26 Å². The molecule has 0 aliphatic heterocycles. The molecule has 0 amide bonds. The van der Waals surface area contributed by atoms with Crippen LogP contribution >= 0.6 is 11.8 Å². The van der Waals surface area contributed by atoms with E-state index in [1.165, 1.54) is 0 Å². The molecule has 0 saturated carbocycles. The summed E-state index contributed by atoms with van der Waals surface area (Å²) in [5.41, 5.74) is -0.734. The molecule has 0 aromatic carbocycles. The highest BCUT2D eigenvalue weighted by molar-refractivity contribution is 7.98. The third kappa shape index (κ3) is 4.30. The summed E-state index contributed by atoms with van der Waals surface area (Å²) in [5, 5.41) is 0. The molecule has 0 aliphatic carbocycles. The average Bonchev–Trinajstić information content (AvgIpc) is 2.24. The van der Waals surface area contributed by atoms with E-state index in [0.717, 1.165) is 30.5 Å². The fourth-order valence-corrected chi connectivity index (χ4v) is 1.45. The first kappa shape index (κ1) is 13.2. The standard InChI is InChI=1S/C10H12F3NOS/c1-16-6-2-5-15-9-7-8(3-4-14-9)10(11,12)13/h3-4,7H,2,5-6H2,1H3. The van der Waals surface area contributed by atoms with Gasteiger partial charge in [0.25, 0.3) is 0 Å². The maximum atomic E-state index is 12.3. The van der Waals surface area contributed by atoms with Crippen LogP contribution in [-0.2, 0) is 6.18 Å². The number of alkyl halides is 3. The van der Waals surface area contributed by atoms with Gasteiger partial charge in [-0.3, -0.25) is 0 Å². The molecule has 0 radical (unpaired) electrons. The summed E-state index contributed by atoms with van der Waals surface area (Å²) in [6, 6.07) is 1.84. The molecule has 1 rings (SSSR count). The normalized spacial score (nSPS) is 11.5. The lowest BCUT2D eigenvalue weighted by Crippen LogP contribution is -2.06. The van der Waals surface area contributed by atoms with Gasteiger partial charge in [0.2, 0.25) is 5.88 Å². The first-order valence-corrected chi connectivity index (χ1v) is 6.08. The van der Waals surface area contributed by atoms with Crippen molar-refractivity contribution in [2.75, 3.05) is 18.6 Å².